The van der Waals surface area contributed by atoms with Crippen molar-refractivity contribution in [3.8, 4) is 0 Å². The maximum Gasteiger partial charge on any atom is 0.416 e. The highest BCUT2D eigenvalue weighted by atomic mass is 19.4. The van der Waals surface area contributed by atoms with Gasteiger partial charge in [-0.05, 0) is 56.4 Å². The van der Waals surface area contributed by atoms with Gasteiger partial charge in [0, 0.05) is 23.5 Å². The quantitative estimate of drug-likeness (QED) is 0.398. The lowest BCUT2D eigenvalue weighted by Gasteiger charge is -2.34. The molecule has 2 amide bonds. The van der Waals surface area contributed by atoms with Gasteiger partial charge in [-0.1, -0.05) is 19.3 Å². The third kappa shape index (κ3) is 5.82. The summed E-state index contributed by atoms with van der Waals surface area (Å²) in [6.45, 7) is 0.472. The fraction of sp³-hybridized carbons (Fsp3) is 0.500. The molecule has 0 spiro atoms. The van der Waals surface area contributed by atoms with Crippen molar-refractivity contribution in [2.75, 3.05) is 18.5 Å². The van der Waals surface area contributed by atoms with Gasteiger partial charge in [0.05, 0.1) is 23.4 Å². The summed E-state index contributed by atoms with van der Waals surface area (Å²) in [6.07, 6.45) is 3.51. The molecule has 0 radical (unpaired) electrons. The van der Waals surface area contributed by atoms with E-state index in [0.29, 0.717) is 35.4 Å². The molecule has 2 aliphatic rings. The number of carbonyl (C=O) groups is 2. The molecule has 3 heterocycles. The Hall–Kier alpha value is -3.34. The van der Waals surface area contributed by atoms with E-state index in [1.54, 1.807) is 11.0 Å². The van der Waals surface area contributed by atoms with Crippen molar-refractivity contribution in [1.29, 1.82) is 0 Å². The largest absolute Gasteiger partial charge is 0.416 e. The number of rotatable bonds is 6. The molecule has 1 saturated heterocycles. The van der Waals surface area contributed by atoms with Crippen LogP contribution in [-0.4, -0.2) is 51.2 Å². The summed E-state index contributed by atoms with van der Waals surface area (Å²) in [5.74, 6) is -0.220. The van der Waals surface area contributed by atoms with E-state index < -0.39 is 11.7 Å². The van der Waals surface area contributed by atoms with Gasteiger partial charge in [-0.2, -0.15) is 18.3 Å². The first-order valence-electron chi connectivity index (χ1n) is 12.8. The number of ether oxygens (including phenoxy) is 1. The first kappa shape index (κ1) is 25.3. The monoisotopic (exact) mass is 517 g/mol. The number of alkyl halides is 3. The zero-order valence-corrected chi connectivity index (χ0v) is 20.4. The zero-order valence-electron chi connectivity index (χ0n) is 20.4. The molecule has 8 nitrogen and oxygen atoms in total. The Labute approximate surface area is 211 Å². The van der Waals surface area contributed by atoms with Crippen LogP contribution in [0.25, 0.3) is 10.9 Å². The molecule has 11 heteroatoms. The van der Waals surface area contributed by atoms with E-state index in [-0.39, 0.29) is 36.3 Å². The number of aromatic amines is 2. The number of piperidine rings is 1. The summed E-state index contributed by atoms with van der Waals surface area (Å²) in [4.78, 5) is 30.4. The minimum Gasteiger partial charge on any atom is -0.368 e. The Morgan fingerprint density at radius 2 is 1.84 bits per heavy atom. The Morgan fingerprint density at radius 1 is 1.05 bits per heavy atom. The maximum absolute atomic E-state index is 13.4. The van der Waals surface area contributed by atoms with Gasteiger partial charge < -0.3 is 19.9 Å². The van der Waals surface area contributed by atoms with Crippen LogP contribution < -0.4 is 5.32 Å². The molecule has 1 atom stereocenters. The minimum absolute atomic E-state index is 0.0304. The summed E-state index contributed by atoms with van der Waals surface area (Å²) in [5, 5.41) is 10.2. The highest BCUT2D eigenvalue weighted by Crippen LogP contribution is 2.34. The van der Waals surface area contributed by atoms with Crippen LogP contribution in [0.15, 0.2) is 30.3 Å². The lowest BCUT2D eigenvalue weighted by atomic mass is 9.98. The summed E-state index contributed by atoms with van der Waals surface area (Å²) in [6, 6.07) is 6.26. The van der Waals surface area contributed by atoms with Gasteiger partial charge in [0.15, 0.2) is 5.82 Å². The lowest BCUT2D eigenvalue weighted by molar-refractivity contribution is -0.137. The molecule has 3 aromatic rings. The number of carbonyl (C=O) groups excluding carboxylic acids is 2. The number of likely N-dealkylation sites (tertiary alicyclic amines) is 1. The van der Waals surface area contributed by atoms with Crippen molar-refractivity contribution in [2.45, 2.75) is 69.7 Å². The van der Waals surface area contributed by atoms with E-state index >= 15 is 0 Å². The normalized spacial score (nSPS) is 19.3. The molecule has 1 unspecified atom stereocenters. The Morgan fingerprint density at radius 3 is 2.62 bits per heavy atom. The predicted molar refractivity (Wildman–Crippen MR) is 131 cm³/mol. The van der Waals surface area contributed by atoms with Crippen LogP contribution in [0, 0.1) is 0 Å². The fourth-order valence-electron chi connectivity index (χ4n) is 5.25. The van der Waals surface area contributed by atoms with Gasteiger partial charge in [0.2, 0.25) is 0 Å². The van der Waals surface area contributed by atoms with Crippen molar-refractivity contribution in [3.63, 3.8) is 0 Å². The number of H-pyrrole nitrogens is 2. The molecule has 5 rings (SSSR count). The third-order valence-corrected chi connectivity index (χ3v) is 7.17. The van der Waals surface area contributed by atoms with E-state index in [2.05, 4.69) is 20.5 Å². The van der Waals surface area contributed by atoms with Gasteiger partial charge in [0.25, 0.3) is 11.8 Å². The Balaban J connectivity index is 1.26. The number of hydrogen-bond acceptors (Lipinski definition) is 4. The topological polar surface area (TPSA) is 103 Å². The third-order valence-electron chi connectivity index (χ3n) is 7.17. The first-order chi connectivity index (χ1) is 17.8. The number of nitrogens with one attached hydrogen (secondary N) is 3. The number of benzene rings is 1. The summed E-state index contributed by atoms with van der Waals surface area (Å²) >= 11 is 0. The molecule has 1 aromatic carbocycles. The summed E-state index contributed by atoms with van der Waals surface area (Å²) < 4.78 is 45.0. The van der Waals surface area contributed by atoms with Crippen molar-refractivity contribution >= 4 is 28.5 Å². The molecule has 3 N–H and O–H groups in total. The number of hydrogen-bond donors (Lipinski definition) is 3. The first-order valence-corrected chi connectivity index (χ1v) is 12.8. The smallest absolute Gasteiger partial charge is 0.368 e. The zero-order chi connectivity index (χ0) is 26.0. The van der Waals surface area contributed by atoms with Gasteiger partial charge in [-0.15, -0.1) is 0 Å². The van der Waals surface area contributed by atoms with E-state index in [9.17, 15) is 22.8 Å². The number of amides is 2. The van der Waals surface area contributed by atoms with E-state index in [0.717, 1.165) is 50.7 Å². The second-order valence-corrected chi connectivity index (χ2v) is 9.82. The van der Waals surface area contributed by atoms with Crippen molar-refractivity contribution in [2.24, 2.45) is 0 Å². The van der Waals surface area contributed by atoms with Crippen LogP contribution >= 0.6 is 0 Å². The summed E-state index contributed by atoms with van der Waals surface area (Å²) in [7, 11) is 0. The molecular formula is C26H30F3N5O3. The van der Waals surface area contributed by atoms with Gasteiger partial charge >= 0.3 is 6.18 Å². The number of nitrogens with zero attached hydrogens (tertiary/aromatic N) is 2. The molecule has 2 aromatic heterocycles. The predicted octanol–water partition coefficient (Wildman–Crippen LogP) is 5.57. The SMILES string of the molecule is O=C(COC1CCCCC1)Nc1cc(C2CCCCN2C(=O)c2cc3cc(C(F)(F)F)ccc3[nH]2)[nH]n1. The molecular weight excluding hydrogens is 487 g/mol. The number of fused-ring (bicyclic) bond motifs is 1. The average molecular weight is 518 g/mol. The number of halogens is 3. The van der Waals surface area contributed by atoms with Crippen LogP contribution in [0.4, 0.5) is 19.0 Å². The van der Waals surface area contributed by atoms with Crippen LogP contribution in [-0.2, 0) is 15.7 Å². The summed E-state index contributed by atoms with van der Waals surface area (Å²) in [5.41, 5.74) is 0.623. The highest BCUT2D eigenvalue weighted by molar-refractivity contribution is 5.98. The molecule has 1 aliphatic carbocycles. The lowest BCUT2D eigenvalue weighted by Crippen LogP contribution is -2.38. The molecule has 1 saturated carbocycles. The molecule has 37 heavy (non-hydrogen) atoms. The second-order valence-electron chi connectivity index (χ2n) is 9.82. The number of anilines is 1. The Kier molecular flexibility index (Phi) is 7.23. The van der Waals surface area contributed by atoms with Crippen LogP contribution in [0.2, 0.25) is 0 Å². The second kappa shape index (κ2) is 10.6. The molecule has 198 valence electrons. The van der Waals surface area contributed by atoms with Crippen molar-refractivity contribution in [3.05, 3.63) is 47.3 Å². The van der Waals surface area contributed by atoms with Gasteiger partial charge in [-0.25, -0.2) is 0 Å². The molecule has 1 aliphatic heterocycles. The number of aromatic nitrogens is 3. The van der Waals surface area contributed by atoms with E-state index in [1.807, 2.05) is 0 Å². The van der Waals surface area contributed by atoms with Gasteiger partial charge in [0.1, 0.15) is 12.3 Å². The standard InChI is InChI=1S/C26H30F3N5O3/c27-26(28,29)17-9-10-19-16(12-17)13-21(30-19)25(36)34-11-5-4-8-22(34)20-14-23(33-32-20)31-24(35)15-37-18-6-2-1-3-7-18/h9-10,12-14,18,22,30H,1-8,11,15H2,(H2,31,32,33,35). The van der Waals surface area contributed by atoms with Crippen LogP contribution in [0.3, 0.4) is 0 Å². The maximum atomic E-state index is 13.4. The Bertz CT molecular complexity index is 1260. The van der Waals surface area contributed by atoms with Crippen molar-refractivity contribution in [1.82, 2.24) is 20.1 Å². The van der Waals surface area contributed by atoms with Crippen LogP contribution in [0.1, 0.15) is 79.2 Å². The van der Waals surface area contributed by atoms with Gasteiger partial charge in [-0.3, -0.25) is 14.7 Å². The highest BCUT2D eigenvalue weighted by Gasteiger charge is 2.33. The average Bonchev–Trinajstić information content (AvgIpc) is 3.54. The fourth-order valence-corrected chi connectivity index (χ4v) is 5.25. The molecule has 0 bridgehead atoms. The van der Waals surface area contributed by atoms with E-state index in [1.165, 1.54) is 18.6 Å². The van der Waals surface area contributed by atoms with E-state index in [4.69, 9.17) is 4.74 Å². The van der Waals surface area contributed by atoms with Crippen molar-refractivity contribution < 1.29 is 27.5 Å². The minimum atomic E-state index is -4.46. The molecule has 2 fully saturated rings. The van der Waals surface area contributed by atoms with Crippen LogP contribution in [0.5, 0.6) is 0 Å².